The number of halogens is 1. The topological polar surface area (TPSA) is 50.5 Å². The summed E-state index contributed by atoms with van der Waals surface area (Å²) in [4.78, 5) is 2.09. The maximum Gasteiger partial charge on any atom is 0.119 e. The third-order valence-electron chi connectivity index (χ3n) is 6.54. The number of nitrogens with zero attached hydrogens (tertiary/aromatic N) is 3. The summed E-state index contributed by atoms with van der Waals surface area (Å²) in [5.41, 5.74) is 6.38. The number of rotatable bonds is 11. The number of hydrogen-bond acceptors (Lipinski definition) is 4. The average Bonchev–Trinajstić information content (AvgIpc) is 3.36. The van der Waals surface area contributed by atoms with E-state index >= 15 is 0 Å². The zero-order valence-electron chi connectivity index (χ0n) is 22.0. The highest BCUT2D eigenvalue weighted by atomic mass is 35.5. The molecule has 4 aromatic carbocycles. The van der Waals surface area contributed by atoms with Crippen molar-refractivity contribution in [1.82, 2.24) is 14.7 Å². The number of hydrogen-bond donors (Lipinski definition) is 1. The third kappa shape index (κ3) is 7.15. The molecule has 6 heteroatoms. The van der Waals surface area contributed by atoms with E-state index in [0.717, 1.165) is 44.3 Å². The predicted molar refractivity (Wildman–Crippen MR) is 158 cm³/mol. The van der Waals surface area contributed by atoms with E-state index in [4.69, 9.17) is 21.4 Å². The lowest BCUT2D eigenvalue weighted by Gasteiger charge is -2.21. The summed E-state index contributed by atoms with van der Waals surface area (Å²) in [6.45, 7) is 1.90. The van der Waals surface area contributed by atoms with Gasteiger partial charge in [-0.1, -0.05) is 103 Å². The van der Waals surface area contributed by atoms with Crippen LogP contribution in [0, 0.1) is 0 Å². The molecule has 0 amide bonds. The quantitative estimate of drug-likeness (QED) is 0.201. The molecule has 1 atom stereocenters. The van der Waals surface area contributed by atoms with Gasteiger partial charge in [0.05, 0.1) is 12.2 Å². The molecule has 1 N–H and O–H groups in total. The summed E-state index contributed by atoms with van der Waals surface area (Å²) in [7, 11) is 2.00. The molecule has 0 saturated heterocycles. The van der Waals surface area contributed by atoms with E-state index in [2.05, 4.69) is 35.4 Å². The summed E-state index contributed by atoms with van der Waals surface area (Å²) < 4.78 is 7.81. The van der Waals surface area contributed by atoms with Crippen LogP contribution in [0.5, 0.6) is 5.75 Å². The Hall–Kier alpha value is -3.90. The fraction of sp³-hybridized carbons (Fsp3) is 0.182. The van der Waals surface area contributed by atoms with Crippen molar-refractivity contribution >= 4 is 11.6 Å². The summed E-state index contributed by atoms with van der Waals surface area (Å²) in [6.07, 6.45) is 1.43. The molecule has 1 aromatic heterocycles. The van der Waals surface area contributed by atoms with Gasteiger partial charge in [-0.05, 0) is 41.9 Å². The Morgan fingerprint density at radius 3 is 2.10 bits per heavy atom. The van der Waals surface area contributed by atoms with E-state index < -0.39 is 6.10 Å². The largest absolute Gasteiger partial charge is 0.491 e. The Balaban J connectivity index is 1.21. The number of aliphatic hydroxyl groups is 1. The first-order valence-corrected chi connectivity index (χ1v) is 13.4. The minimum absolute atomic E-state index is 0.215. The standard InChI is InChI=1S/C33H32ClN3O2/c1-36(23-30(38)24-39-31-18-16-26(17-19-31)25-10-4-2-5-11-25)20-29-22-37(21-28-14-8-9-15-32(28)34)35-33(29)27-12-6-3-7-13-27/h2-19,22,30,38H,20-21,23-24H2,1H3/t30-/m1/s1. The van der Waals surface area contributed by atoms with Crippen molar-refractivity contribution in [1.29, 1.82) is 0 Å². The molecule has 0 unspecified atom stereocenters. The molecule has 5 aromatic rings. The van der Waals surface area contributed by atoms with Gasteiger partial charge in [-0.3, -0.25) is 9.58 Å². The van der Waals surface area contributed by atoms with Crippen LogP contribution in [-0.2, 0) is 13.1 Å². The first kappa shape index (κ1) is 26.7. The first-order valence-electron chi connectivity index (χ1n) is 13.1. The lowest BCUT2D eigenvalue weighted by atomic mass is 10.1. The van der Waals surface area contributed by atoms with Gasteiger partial charge >= 0.3 is 0 Å². The fourth-order valence-electron chi connectivity index (χ4n) is 4.63. The maximum absolute atomic E-state index is 10.7. The SMILES string of the molecule is CN(Cc1cn(Cc2ccccc2Cl)nc1-c1ccccc1)C[C@@H](O)COc1ccc(-c2ccccc2)cc1. The zero-order valence-corrected chi connectivity index (χ0v) is 22.7. The number of aliphatic hydroxyl groups excluding tert-OH is 1. The second kappa shape index (κ2) is 12.8. The molecule has 0 saturated carbocycles. The van der Waals surface area contributed by atoms with Crippen molar-refractivity contribution in [2.24, 2.45) is 0 Å². The van der Waals surface area contributed by atoms with Gasteiger partial charge in [0.15, 0.2) is 0 Å². The van der Waals surface area contributed by atoms with Crippen LogP contribution in [0.25, 0.3) is 22.4 Å². The Morgan fingerprint density at radius 2 is 1.41 bits per heavy atom. The number of likely N-dealkylation sites (N-methyl/N-ethyl adjacent to an activating group) is 1. The fourth-order valence-corrected chi connectivity index (χ4v) is 4.83. The number of benzene rings is 4. The Labute approximate surface area is 234 Å². The van der Waals surface area contributed by atoms with Crippen LogP contribution in [0.3, 0.4) is 0 Å². The molecule has 0 fully saturated rings. The average molecular weight is 538 g/mol. The third-order valence-corrected chi connectivity index (χ3v) is 6.91. The van der Waals surface area contributed by atoms with Gasteiger partial charge < -0.3 is 9.84 Å². The van der Waals surface area contributed by atoms with Crippen LogP contribution < -0.4 is 4.74 Å². The molecule has 5 nitrogen and oxygen atoms in total. The van der Waals surface area contributed by atoms with Crippen molar-refractivity contribution in [2.45, 2.75) is 19.2 Å². The number of ether oxygens (including phenoxy) is 1. The van der Waals surface area contributed by atoms with Crippen LogP contribution in [-0.4, -0.2) is 46.1 Å². The van der Waals surface area contributed by atoms with E-state index in [1.165, 1.54) is 0 Å². The van der Waals surface area contributed by atoms with Crippen molar-refractivity contribution in [3.8, 4) is 28.1 Å². The molecular weight excluding hydrogens is 506 g/mol. The smallest absolute Gasteiger partial charge is 0.119 e. The molecule has 39 heavy (non-hydrogen) atoms. The van der Waals surface area contributed by atoms with Gasteiger partial charge in [0.25, 0.3) is 0 Å². The van der Waals surface area contributed by atoms with Gasteiger partial charge in [0, 0.05) is 35.4 Å². The van der Waals surface area contributed by atoms with E-state index in [9.17, 15) is 5.11 Å². The molecule has 5 rings (SSSR count). The molecule has 0 radical (unpaired) electrons. The second-order valence-electron chi connectivity index (χ2n) is 9.71. The second-order valence-corrected chi connectivity index (χ2v) is 10.1. The molecule has 1 heterocycles. The van der Waals surface area contributed by atoms with Crippen molar-refractivity contribution in [2.75, 3.05) is 20.2 Å². The molecule has 0 aliphatic carbocycles. The Kier molecular flexibility index (Phi) is 8.74. The molecule has 0 aliphatic rings. The monoisotopic (exact) mass is 537 g/mol. The van der Waals surface area contributed by atoms with E-state index in [-0.39, 0.29) is 6.61 Å². The lowest BCUT2D eigenvalue weighted by molar-refractivity contribution is 0.0744. The minimum Gasteiger partial charge on any atom is -0.491 e. The van der Waals surface area contributed by atoms with Crippen molar-refractivity contribution < 1.29 is 9.84 Å². The predicted octanol–water partition coefficient (Wildman–Crippen LogP) is 6.79. The van der Waals surface area contributed by atoms with Crippen LogP contribution in [0.1, 0.15) is 11.1 Å². The summed E-state index contributed by atoms with van der Waals surface area (Å²) in [5.74, 6) is 0.739. The van der Waals surface area contributed by atoms with Crippen LogP contribution >= 0.6 is 11.6 Å². The summed E-state index contributed by atoms with van der Waals surface area (Å²) in [6, 6.07) is 36.2. The maximum atomic E-state index is 10.7. The molecule has 0 spiro atoms. The van der Waals surface area contributed by atoms with Gasteiger partial charge in [0.1, 0.15) is 18.5 Å². The van der Waals surface area contributed by atoms with Crippen LogP contribution in [0.2, 0.25) is 5.02 Å². The zero-order chi connectivity index (χ0) is 27.0. The van der Waals surface area contributed by atoms with Crippen LogP contribution in [0.4, 0.5) is 0 Å². The summed E-state index contributed by atoms with van der Waals surface area (Å²) in [5, 5.41) is 16.3. The van der Waals surface area contributed by atoms with Gasteiger partial charge in [-0.25, -0.2) is 0 Å². The van der Waals surface area contributed by atoms with E-state index in [0.29, 0.717) is 19.6 Å². The molecule has 0 bridgehead atoms. The summed E-state index contributed by atoms with van der Waals surface area (Å²) >= 11 is 6.40. The Bertz CT molecular complexity index is 1470. The van der Waals surface area contributed by atoms with E-state index in [1.54, 1.807) is 0 Å². The highest BCUT2D eigenvalue weighted by molar-refractivity contribution is 6.31. The molecular formula is C33H32ClN3O2. The first-order chi connectivity index (χ1) is 19.0. The van der Waals surface area contributed by atoms with Gasteiger partial charge in [-0.15, -0.1) is 0 Å². The highest BCUT2D eigenvalue weighted by Gasteiger charge is 2.16. The number of aromatic nitrogens is 2. The van der Waals surface area contributed by atoms with Gasteiger partial charge in [-0.2, -0.15) is 5.10 Å². The normalized spacial score (nSPS) is 12.0. The van der Waals surface area contributed by atoms with Gasteiger partial charge in [0.2, 0.25) is 0 Å². The molecule has 198 valence electrons. The minimum atomic E-state index is -0.637. The molecule has 0 aliphatic heterocycles. The van der Waals surface area contributed by atoms with E-state index in [1.807, 2.05) is 96.7 Å². The lowest BCUT2D eigenvalue weighted by Crippen LogP contribution is -2.32. The van der Waals surface area contributed by atoms with Crippen molar-refractivity contribution in [3.63, 3.8) is 0 Å². The van der Waals surface area contributed by atoms with Crippen LogP contribution in [0.15, 0.2) is 115 Å². The Morgan fingerprint density at radius 1 is 0.795 bits per heavy atom. The van der Waals surface area contributed by atoms with Crippen molar-refractivity contribution in [3.05, 3.63) is 132 Å². The highest BCUT2D eigenvalue weighted by Crippen LogP contribution is 2.25.